The van der Waals surface area contributed by atoms with Crippen LogP contribution in [-0.4, -0.2) is 16.0 Å². The van der Waals surface area contributed by atoms with Gasteiger partial charge in [0.2, 0.25) is 5.13 Å². The molecule has 0 spiro atoms. The first-order chi connectivity index (χ1) is 11.3. The molecule has 3 rings (SSSR count). The number of thioether (sulfide) groups is 1. The zero-order valence-corrected chi connectivity index (χ0v) is 15.0. The van der Waals surface area contributed by atoms with Crippen LogP contribution in [-0.2, 0) is 0 Å². The highest BCUT2D eigenvalue weighted by molar-refractivity contribution is 7.99. The van der Waals surface area contributed by atoms with Crippen LogP contribution in [0.25, 0.3) is 10.6 Å². The Morgan fingerprint density at radius 3 is 2.65 bits per heavy atom. The number of nitrogens with zero attached hydrogens (tertiary/aromatic N) is 2. The fourth-order valence-electron chi connectivity index (χ4n) is 2.02. The minimum absolute atomic E-state index is 0.718. The van der Waals surface area contributed by atoms with Crippen LogP contribution < -0.4 is 5.32 Å². The highest BCUT2D eigenvalue weighted by Gasteiger charge is 2.11. The van der Waals surface area contributed by atoms with E-state index in [0.29, 0.717) is 0 Å². The van der Waals surface area contributed by atoms with Gasteiger partial charge in [-0.15, -0.1) is 22.0 Å². The number of benzene rings is 2. The van der Waals surface area contributed by atoms with Gasteiger partial charge in [0.05, 0.1) is 0 Å². The number of hydrogen-bond acceptors (Lipinski definition) is 5. The van der Waals surface area contributed by atoms with E-state index in [1.54, 1.807) is 11.3 Å². The van der Waals surface area contributed by atoms with E-state index in [0.717, 1.165) is 38.6 Å². The van der Waals surface area contributed by atoms with E-state index < -0.39 is 0 Å². The molecule has 6 heteroatoms. The molecule has 0 bridgehead atoms. The van der Waals surface area contributed by atoms with Gasteiger partial charge in [0.15, 0.2) is 5.01 Å². The van der Waals surface area contributed by atoms with Gasteiger partial charge in [-0.25, -0.2) is 0 Å². The summed E-state index contributed by atoms with van der Waals surface area (Å²) in [4.78, 5) is 1.25. The fourth-order valence-corrected chi connectivity index (χ4v) is 3.93. The van der Waals surface area contributed by atoms with Crippen molar-refractivity contribution in [3.8, 4) is 10.6 Å². The van der Waals surface area contributed by atoms with Crippen molar-refractivity contribution in [1.82, 2.24) is 10.2 Å². The summed E-state index contributed by atoms with van der Waals surface area (Å²) >= 11 is 9.32. The summed E-state index contributed by atoms with van der Waals surface area (Å²) in [7, 11) is 0. The second-order valence-corrected chi connectivity index (χ2v) is 7.44. The lowest BCUT2D eigenvalue weighted by Crippen LogP contribution is -1.88. The molecule has 0 aliphatic rings. The second-order valence-electron chi connectivity index (χ2n) is 4.89. The summed E-state index contributed by atoms with van der Waals surface area (Å²) in [5.74, 6) is 1.10. The molecule has 0 saturated carbocycles. The van der Waals surface area contributed by atoms with Crippen LogP contribution in [0.1, 0.15) is 13.3 Å². The molecule has 0 aliphatic heterocycles. The van der Waals surface area contributed by atoms with Gasteiger partial charge in [-0.2, -0.15) is 0 Å². The van der Waals surface area contributed by atoms with Crippen molar-refractivity contribution in [2.45, 2.75) is 18.2 Å². The van der Waals surface area contributed by atoms with E-state index in [9.17, 15) is 0 Å². The van der Waals surface area contributed by atoms with Crippen molar-refractivity contribution < 1.29 is 0 Å². The highest BCUT2D eigenvalue weighted by Crippen LogP contribution is 2.35. The van der Waals surface area contributed by atoms with Gasteiger partial charge < -0.3 is 5.32 Å². The average molecular weight is 362 g/mol. The van der Waals surface area contributed by atoms with E-state index >= 15 is 0 Å². The van der Waals surface area contributed by atoms with E-state index in [1.165, 1.54) is 4.90 Å². The molecule has 118 valence electrons. The lowest BCUT2D eigenvalue weighted by Gasteiger charge is -2.05. The summed E-state index contributed by atoms with van der Waals surface area (Å²) in [5, 5.41) is 14.3. The number of anilines is 2. The number of halogens is 1. The molecular formula is C17H16ClN3S2. The SMILES string of the molecule is CCCSc1ccccc1-c1nnc(Nc2ccc(Cl)cc2)s1. The summed E-state index contributed by atoms with van der Waals surface area (Å²) < 4.78 is 0. The molecule has 1 N–H and O–H groups in total. The Bertz CT molecular complexity index is 772. The zero-order valence-electron chi connectivity index (χ0n) is 12.6. The standard InChI is InChI=1S/C17H16ClN3S2/c1-2-11-22-15-6-4-3-5-14(15)16-20-21-17(23-16)19-13-9-7-12(18)8-10-13/h3-10H,2,11H2,1H3,(H,19,21). The van der Waals surface area contributed by atoms with Crippen molar-refractivity contribution >= 4 is 45.5 Å². The van der Waals surface area contributed by atoms with Crippen molar-refractivity contribution in [2.24, 2.45) is 0 Å². The summed E-state index contributed by atoms with van der Waals surface area (Å²) in [6, 6.07) is 15.9. The molecule has 0 fully saturated rings. The third kappa shape index (κ3) is 4.25. The molecule has 2 aromatic carbocycles. The second kappa shape index (κ2) is 7.81. The maximum atomic E-state index is 5.90. The predicted octanol–water partition coefficient (Wildman–Crippen LogP) is 6.10. The van der Waals surface area contributed by atoms with Gasteiger partial charge in [-0.05, 0) is 42.5 Å². The smallest absolute Gasteiger partial charge is 0.210 e. The van der Waals surface area contributed by atoms with Crippen LogP contribution in [0.2, 0.25) is 5.02 Å². The van der Waals surface area contributed by atoms with Gasteiger partial charge in [-0.1, -0.05) is 48.1 Å². The highest BCUT2D eigenvalue weighted by atomic mass is 35.5. The van der Waals surface area contributed by atoms with Crippen molar-refractivity contribution in [2.75, 3.05) is 11.1 Å². The molecular weight excluding hydrogens is 346 g/mol. The molecule has 0 atom stereocenters. The van der Waals surface area contributed by atoms with Gasteiger partial charge >= 0.3 is 0 Å². The number of hydrogen-bond donors (Lipinski definition) is 1. The first kappa shape index (κ1) is 16.3. The molecule has 1 heterocycles. The van der Waals surface area contributed by atoms with Gasteiger partial charge in [0.1, 0.15) is 0 Å². The molecule has 0 saturated heterocycles. The third-order valence-electron chi connectivity index (χ3n) is 3.10. The molecule has 1 aromatic heterocycles. The monoisotopic (exact) mass is 361 g/mol. The predicted molar refractivity (Wildman–Crippen MR) is 101 cm³/mol. The Kier molecular flexibility index (Phi) is 5.54. The molecule has 3 nitrogen and oxygen atoms in total. The van der Waals surface area contributed by atoms with E-state index in [2.05, 4.69) is 40.6 Å². The number of nitrogens with one attached hydrogen (secondary N) is 1. The Balaban J connectivity index is 1.80. The topological polar surface area (TPSA) is 37.8 Å². The lowest BCUT2D eigenvalue weighted by molar-refractivity contribution is 1.09. The van der Waals surface area contributed by atoms with E-state index in [1.807, 2.05) is 42.1 Å². The summed E-state index contributed by atoms with van der Waals surface area (Å²) in [6.45, 7) is 2.19. The Morgan fingerprint density at radius 2 is 1.87 bits per heavy atom. The molecule has 0 radical (unpaired) electrons. The lowest BCUT2D eigenvalue weighted by atomic mass is 10.2. The van der Waals surface area contributed by atoms with E-state index in [-0.39, 0.29) is 0 Å². The van der Waals surface area contributed by atoms with Crippen LogP contribution in [0.3, 0.4) is 0 Å². The van der Waals surface area contributed by atoms with Crippen molar-refractivity contribution in [3.63, 3.8) is 0 Å². The van der Waals surface area contributed by atoms with Gasteiger partial charge in [0.25, 0.3) is 0 Å². The summed E-state index contributed by atoms with van der Waals surface area (Å²) in [6.07, 6.45) is 1.15. The van der Waals surface area contributed by atoms with Gasteiger partial charge in [0, 0.05) is 21.2 Å². The zero-order chi connectivity index (χ0) is 16.1. The maximum absolute atomic E-state index is 5.90. The van der Waals surface area contributed by atoms with Crippen LogP contribution in [0, 0.1) is 0 Å². The van der Waals surface area contributed by atoms with Crippen LogP contribution in [0.4, 0.5) is 10.8 Å². The molecule has 3 aromatic rings. The average Bonchev–Trinajstić information content (AvgIpc) is 3.04. The Hall–Kier alpha value is -1.56. The maximum Gasteiger partial charge on any atom is 0.210 e. The van der Waals surface area contributed by atoms with Gasteiger partial charge in [-0.3, -0.25) is 0 Å². The number of rotatable bonds is 6. The quantitative estimate of drug-likeness (QED) is 0.538. The normalized spacial score (nSPS) is 10.7. The number of aromatic nitrogens is 2. The van der Waals surface area contributed by atoms with Crippen LogP contribution >= 0.6 is 34.7 Å². The van der Waals surface area contributed by atoms with Crippen LogP contribution in [0.5, 0.6) is 0 Å². The molecule has 23 heavy (non-hydrogen) atoms. The fraction of sp³-hybridized carbons (Fsp3) is 0.176. The molecule has 0 amide bonds. The van der Waals surface area contributed by atoms with Crippen LogP contribution in [0.15, 0.2) is 53.4 Å². The largest absolute Gasteiger partial charge is 0.330 e. The first-order valence-electron chi connectivity index (χ1n) is 7.34. The minimum Gasteiger partial charge on any atom is -0.330 e. The van der Waals surface area contributed by atoms with Crippen molar-refractivity contribution in [1.29, 1.82) is 0 Å². The minimum atomic E-state index is 0.718. The van der Waals surface area contributed by atoms with Crippen molar-refractivity contribution in [3.05, 3.63) is 53.6 Å². The summed E-state index contributed by atoms with van der Waals surface area (Å²) in [5.41, 5.74) is 2.10. The molecule has 0 unspecified atom stereocenters. The molecule has 0 aliphatic carbocycles. The Labute approximate surface area is 149 Å². The Morgan fingerprint density at radius 1 is 1.09 bits per heavy atom. The first-order valence-corrected chi connectivity index (χ1v) is 9.52. The van der Waals surface area contributed by atoms with E-state index in [4.69, 9.17) is 11.6 Å². The third-order valence-corrected chi connectivity index (χ3v) is 5.50.